The number of thiophene rings is 1. The van der Waals surface area contributed by atoms with E-state index in [1.807, 2.05) is 23.6 Å². The summed E-state index contributed by atoms with van der Waals surface area (Å²) in [6.07, 6.45) is 2.04. The van der Waals surface area contributed by atoms with E-state index < -0.39 is 0 Å². The van der Waals surface area contributed by atoms with Gasteiger partial charge in [-0.2, -0.15) is 0 Å². The van der Waals surface area contributed by atoms with Gasteiger partial charge in [-0.25, -0.2) is 0 Å². The van der Waals surface area contributed by atoms with Crippen molar-refractivity contribution in [3.63, 3.8) is 0 Å². The van der Waals surface area contributed by atoms with Crippen LogP contribution in [0.3, 0.4) is 0 Å². The monoisotopic (exact) mass is 447 g/mol. The summed E-state index contributed by atoms with van der Waals surface area (Å²) in [5, 5.41) is 11.3. The van der Waals surface area contributed by atoms with Crippen molar-refractivity contribution >= 4 is 28.8 Å². The fraction of sp³-hybridized carbons (Fsp3) is 0.308. The average Bonchev–Trinajstić information content (AvgIpc) is 3.44. The van der Waals surface area contributed by atoms with Crippen LogP contribution in [0.2, 0.25) is 0 Å². The van der Waals surface area contributed by atoms with E-state index in [9.17, 15) is 9.59 Å². The molecule has 4 rings (SSSR count). The molecule has 5 nitrogen and oxygen atoms in total. The summed E-state index contributed by atoms with van der Waals surface area (Å²) in [4.78, 5) is 26.4. The zero-order chi connectivity index (χ0) is 22.5. The number of amides is 2. The third kappa shape index (κ3) is 5.64. The molecule has 3 aromatic rings. The zero-order valence-corrected chi connectivity index (χ0v) is 19.2. The van der Waals surface area contributed by atoms with Gasteiger partial charge in [-0.15, -0.1) is 11.3 Å². The summed E-state index contributed by atoms with van der Waals surface area (Å²) in [6, 6.07) is 20.0. The Labute approximate surface area is 193 Å². The van der Waals surface area contributed by atoms with Crippen molar-refractivity contribution in [1.29, 1.82) is 0 Å². The number of hydrogen-bond acceptors (Lipinski definition) is 4. The summed E-state index contributed by atoms with van der Waals surface area (Å²) < 4.78 is 0. The number of carbonyl (C=O) groups is 2. The Bertz CT molecular complexity index is 1060. The summed E-state index contributed by atoms with van der Waals surface area (Å²) in [7, 11) is 0. The molecule has 3 N–H and O–H groups in total. The molecule has 1 aliphatic carbocycles. The third-order valence-electron chi connectivity index (χ3n) is 5.59. The van der Waals surface area contributed by atoms with E-state index in [1.54, 1.807) is 23.5 Å². The summed E-state index contributed by atoms with van der Waals surface area (Å²) in [5.74, 6) is 0.148. The van der Waals surface area contributed by atoms with E-state index in [1.165, 1.54) is 5.56 Å². The van der Waals surface area contributed by atoms with Crippen LogP contribution in [-0.2, 0) is 4.79 Å². The molecule has 1 aromatic heterocycles. The second-order valence-corrected chi connectivity index (χ2v) is 9.47. The van der Waals surface area contributed by atoms with Crippen molar-refractivity contribution in [2.75, 3.05) is 11.9 Å². The van der Waals surface area contributed by atoms with Crippen LogP contribution in [0, 0.1) is 0 Å². The molecule has 1 atom stereocenters. The summed E-state index contributed by atoms with van der Waals surface area (Å²) in [6.45, 7) is 4.49. The average molecular weight is 448 g/mol. The predicted octanol–water partition coefficient (Wildman–Crippen LogP) is 5.08. The largest absolute Gasteiger partial charge is 0.349 e. The van der Waals surface area contributed by atoms with E-state index in [0.717, 1.165) is 23.3 Å². The van der Waals surface area contributed by atoms with Crippen LogP contribution in [0.4, 0.5) is 5.69 Å². The number of nitrogens with one attached hydrogen (secondary N) is 3. The van der Waals surface area contributed by atoms with E-state index in [0.29, 0.717) is 17.2 Å². The molecule has 1 heterocycles. The van der Waals surface area contributed by atoms with Crippen molar-refractivity contribution in [2.24, 2.45) is 0 Å². The molecule has 1 fully saturated rings. The highest BCUT2D eigenvalue weighted by Gasteiger charge is 2.25. The predicted molar refractivity (Wildman–Crippen MR) is 130 cm³/mol. The van der Waals surface area contributed by atoms with Crippen LogP contribution >= 0.6 is 11.3 Å². The fourth-order valence-electron chi connectivity index (χ4n) is 3.58. The van der Waals surface area contributed by atoms with Crippen LogP contribution < -0.4 is 16.0 Å². The number of benzene rings is 2. The van der Waals surface area contributed by atoms with E-state index in [2.05, 4.69) is 60.1 Å². The molecule has 0 saturated heterocycles. The molecule has 2 amide bonds. The lowest BCUT2D eigenvalue weighted by atomic mass is 9.98. The first kappa shape index (κ1) is 22.2. The third-order valence-corrected chi connectivity index (χ3v) is 6.53. The van der Waals surface area contributed by atoms with Gasteiger partial charge in [-0.05, 0) is 53.5 Å². The van der Waals surface area contributed by atoms with Crippen LogP contribution in [0.5, 0.6) is 0 Å². The van der Waals surface area contributed by atoms with Gasteiger partial charge in [0.1, 0.15) is 0 Å². The maximum atomic E-state index is 12.8. The van der Waals surface area contributed by atoms with Gasteiger partial charge >= 0.3 is 0 Å². The molecule has 166 valence electrons. The standard InChI is InChI=1S/C26H29N3O2S/c1-17(2)18-9-11-19(12-10-18)25(23-8-5-15-32-23)27-16-24(30)29-22-7-4-3-6-21(22)26(31)28-20-13-14-20/h3-12,15,17,20,25,27H,13-14,16H2,1-2H3,(H,28,31)(H,29,30). The fourth-order valence-corrected chi connectivity index (χ4v) is 4.41. The Morgan fingerprint density at radius 2 is 1.69 bits per heavy atom. The molecule has 0 aliphatic heterocycles. The lowest BCUT2D eigenvalue weighted by molar-refractivity contribution is -0.115. The Morgan fingerprint density at radius 1 is 0.969 bits per heavy atom. The Kier molecular flexibility index (Phi) is 7.02. The minimum atomic E-state index is -0.183. The van der Waals surface area contributed by atoms with Gasteiger partial charge in [0, 0.05) is 10.9 Å². The first-order valence-electron chi connectivity index (χ1n) is 11.1. The number of rotatable bonds is 9. The van der Waals surface area contributed by atoms with Gasteiger partial charge in [-0.1, -0.05) is 56.3 Å². The lowest BCUT2D eigenvalue weighted by Gasteiger charge is -2.19. The molecule has 0 bridgehead atoms. The first-order valence-corrected chi connectivity index (χ1v) is 12.0. The minimum Gasteiger partial charge on any atom is -0.349 e. The highest BCUT2D eigenvalue weighted by atomic mass is 32.1. The molecule has 0 radical (unpaired) electrons. The topological polar surface area (TPSA) is 70.2 Å². The van der Waals surface area contributed by atoms with Gasteiger partial charge in [0.05, 0.1) is 23.8 Å². The molecule has 1 saturated carbocycles. The molecule has 32 heavy (non-hydrogen) atoms. The summed E-state index contributed by atoms with van der Waals surface area (Å²) in [5.41, 5.74) is 3.43. The molecular weight excluding hydrogens is 418 g/mol. The van der Waals surface area contributed by atoms with Crippen LogP contribution in [-0.4, -0.2) is 24.4 Å². The molecule has 1 unspecified atom stereocenters. The maximum absolute atomic E-state index is 12.8. The SMILES string of the molecule is CC(C)c1ccc(C(NCC(=O)Nc2ccccc2C(=O)NC2CC2)c2cccs2)cc1. The number of carbonyl (C=O) groups excluding carboxylic acids is 2. The maximum Gasteiger partial charge on any atom is 0.253 e. The normalized spacial score (nSPS) is 14.2. The van der Waals surface area contributed by atoms with Gasteiger partial charge in [0.25, 0.3) is 5.91 Å². The van der Waals surface area contributed by atoms with Gasteiger partial charge < -0.3 is 10.6 Å². The van der Waals surface area contributed by atoms with Crippen molar-refractivity contribution in [3.8, 4) is 0 Å². The summed E-state index contributed by atoms with van der Waals surface area (Å²) >= 11 is 1.66. The quantitative estimate of drug-likeness (QED) is 0.428. The molecule has 2 aromatic carbocycles. The molecule has 0 spiro atoms. The Hall–Kier alpha value is -2.96. The molecule has 6 heteroatoms. The lowest BCUT2D eigenvalue weighted by Crippen LogP contribution is -2.32. The van der Waals surface area contributed by atoms with Crippen LogP contribution in [0.1, 0.15) is 65.0 Å². The Morgan fingerprint density at radius 3 is 2.34 bits per heavy atom. The molecule has 1 aliphatic rings. The van der Waals surface area contributed by atoms with Gasteiger partial charge in [0.2, 0.25) is 5.91 Å². The van der Waals surface area contributed by atoms with Gasteiger partial charge in [0.15, 0.2) is 0 Å². The minimum absolute atomic E-state index is 0.0737. The number of hydrogen-bond donors (Lipinski definition) is 3. The van der Waals surface area contributed by atoms with Crippen LogP contribution in [0.15, 0.2) is 66.0 Å². The van der Waals surface area contributed by atoms with Crippen LogP contribution in [0.25, 0.3) is 0 Å². The highest BCUT2D eigenvalue weighted by Crippen LogP contribution is 2.27. The first-order chi connectivity index (χ1) is 15.5. The van der Waals surface area contributed by atoms with E-state index in [4.69, 9.17) is 0 Å². The highest BCUT2D eigenvalue weighted by molar-refractivity contribution is 7.10. The van der Waals surface area contributed by atoms with Crippen molar-refractivity contribution < 1.29 is 9.59 Å². The number of para-hydroxylation sites is 1. The smallest absolute Gasteiger partial charge is 0.253 e. The molecular formula is C26H29N3O2S. The van der Waals surface area contributed by atoms with E-state index >= 15 is 0 Å². The van der Waals surface area contributed by atoms with E-state index in [-0.39, 0.29) is 30.4 Å². The van der Waals surface area contributed by atoms with Crippen molar-refractivity contribution in [3.05, 3.63) is 87.6 Å². The second-order valence-electron chi connectivity index (χ2n) is 8.49. The zero-order valence-electron chi connectivity index (χ0n) is 18.4. The second kappa shape index (κ2) is 10.1. The van der Waals surface area contributed by atoms with Crippen molar-refractivity contribution in [2.45, 2.75) is 44.7 Å². The van der Waals surface area contributed by atoms with Gasteiger partial charge in [-0.3, -0.25) is 14.9 Å². The Balaban J connectivity index is 1.43. The van der Waals surface area contributed by atoms with Crippen molar-refractivity contribution in [1.82, 2.24) is 10.6 Å². The number of anilines is 1.